The number of carbonyl (C=O) groups excluding carboxylic acids is 1. The van der Waals surface area contributed by atoms with Crippen molar-refractivity contribution in [1.29, 1.82) is 0 Å². The molecule has 1 fully saturated rings. The molecule has 21 heavy (non-hydrogen) atoms. The fraction of sp³-hybridized carbons (Fsp3) is 0.353. The van der Waals surface area contributed by atoms with Gasteiger partial charge in [-0.25, -0.2) is 0 Å². The van der Waals surface area contributed by atoms with Gasteiger partial charge in [-0.15, -0.1) is 0 Å². The van der Waals surface area contributed by atoms with E-state index in [0.717, 1.165) is 15.8 Å². The van der Waals surface area contributed by atoms with Gasteiger partial charge in [0.25, 0.3) is 0 Å². The normalized spacial score (nSPS) is 16.1. The molecule has 0 amide bonds. The molecule has 1 atom stereocenters. The summed E-state index contributed by atoms with van der Waals surface area (Å²) >= 11 is 3.40. The zero-order valence-electron chi connectivity index (χ0n) is 12.0. The number of nitrogens with zero attached hydrogens (tertiary/aromatic N) is 1. The third-order valence-electron chi connectivity index (χ3n) is 3.94. The van der Waals surface area contributed by atoms with Crippen LogP contribution in [0.4, 0.5) is 0 Å². The molecule has 3 rings (SSSR count). The lowest BCUT2D eigenvalue weighted by Gasteiger charge is -2.27. The van der Waals surface area contributed by atoms with Crippen LogP contribution in [0, 0.1) is 0 Å². The van der Waals surface area contributed by atoms with E-state index in [1.807, 2.05) is 43.3 Å². The quantitative estimate of drug-likeness (QED) is 0.731. The van der Waals surface area contributed by atoms with E-state index in [1.165, 1.54) is 12.8 Å². The van der Waals surface area contributed by atoms with Crippen molar-refractivity contribution < 1.29 is 9.21 Å². The van der Waals surface area contributed by atoms with Gasteiger partial charge >= 0.3 is 0 Å². The summed E-state index contributed by atoms with van der Waals surface area (Å²) in [6.45, 7) is 2.69. The SMILES string of the molecule is CC(C(=O)c1ccc(Br)cc1)N(Cc1ccco1)C1CC1. The lowest BCUT2D eigenvalue weighted by atomic mass is 10.0. The summed E-state index contributed by atoms with van der Waals surface area (Å²) in [5.74, 6) is 1.08. The third-order valence-corrected chi connectivity index (χ3v) is 4.47. The van der Waals surface area contributed by atoms with Crippen molar-refractivity contribution in [2.45, 2.75) is 38.4 Å². The molecular weight excluding hydrogens is 330 g/mol. The smallest absolute Gasteiger partial charge is 0.179 e. The van der Waals surface area contributed by atoms with Crippen LogP contribution in [0.1, 0.15) is 35.9 Å². The Labute approximate surface area is 133 Å². The fourth-order valence-corrected chi connectivity index (χ4v) is 2.84. The van der Waals surface area contributed by atoms with Gasteiger partial charge in [0.05, 0.1) is 18.8 Å². The van der Waals surface area contributed by atoms with Crippen LogP contribution in [0.2, 0.25) is 0 Å². The first-order chi connectivity index (χ1) is 10.1. The summed E-state index contributed by atoms with van der Waals surface area (Å²) in [5.41, 5.74) is 0.760. The van der Waals surface area contributed by atoms with E-state index in [1.54, 1.807) is 6.26 Å². The molecule has 3 nitrogen and oxygen atoms in total. The van der Waals surface area contributed by atoms with Crippen molar-refractivity contribution in [3.63, 3.8) is 0 Å². The van der Waals surface area contributed by atoms with Gasteiger partial charge in [0.15, 0.2) is 5.78 Å². The largest absolute Gasteiger partial charge is 0.468 e. The lowest BCUT2D eigenvalue weighted by molar-refractivity contribution is 0.0803. The maximum atomic E-state index is 12.7. The van der Waals surface area contributed by atoms with Gasteiger partial charge in [-0.3, -0.25) is 9.69 Å². The Balaban J connectivity index is 1.75. The third kappa shape index (κ3) is 3.44. The monoisotopic (exact) mass is 347 g/mol. The summed E-state index contributed by atoms with van der Waals surface area (Å²) < 4.78 is 6.42. The number of furan rings is 1. The molecule has 1 aromatic carbocycles. The van der Waals surface area contributed by atoms with Crippen LogP contribution < -0.4 is 0 Å². The Morgan fingerprint density at radius 3 is 2.62 bits per heavy atom. The minimum absolute atomic E-state index is 0.135. The number of rotatable bonds is 6. The van der Waals surface area contributed by atoms with Gasteiger partial charge in [0.2, 0.25) is 0 Å². The molecule has 1 aliphatic rings. The molecule has 4 heteroatoms. The van der Waals surface area contributed by atoms with Gasteiger partial charge < -0.3 is 4.42 Å². The molecule has 1 aromatic heterocycles. The number of ketones is 1. The molecule has 0 saturated heterocycles. The summed E-state index contributed by atoms with van der Waals surface area (Å²) in [6, 6.07) is 11.8. The highest BCUT2D eigenvalue weighted by molar-refractivity contribution is 9.10. The second-order valence-electron chi connectivity index (χ2n) is 5.53. The van der Waals surface area contributed by atoms with Crippen molar-refractivity contribution in [3.05, 3.63) is 58.5 Å². The maximum Gasteiger partial charge on any atom is 0.179 e. The maximum absolute atomic E-state index is 12.7. The van der Waals surface area contributed by atoms with E-state index in [4.69, 9.17) is 4.42 Å². The fourth-order valence-electron chi connectivity index (χ4n) is 2.58. The Morgan fingerprint density at radius 1 is 1.33 bits per heavy atom. The zero-order chi connectivity index (χ0) is 14.8. The second-order valence-corrected chi connectivity index (χ2v) is 6.45. The Kier molecular flexibility index (Phi) is 4.27. The van der Waals surface area contributed by atoms with Crippen LogP contribution in [-0.4, -0.2) is 22.8 Å². The first-order valence-corrected chi connectivity index (χ1v) is 8.02. The van der Waals surface area contributed by atoms with Crippen LogP contribution >= 0.6 is 15.9 Å². The number of carbonyl (C=O) groups is 1. The number of Topliss-reactive ketones (excluding diaryl/α,β-unsaturated/α-hetero) is 1. The minimum Gasteiger partial charge on any atom is -0.468 e. The van der Waals surface area contributed by atoms with Crippen LogP contribution in [-0.2, 0) is 6.54 Å². The zero-order valence-corrected chi connectivity index (χ0v) is 13.5. The predicted octanol–water partition coefficient (Wildman–Crippen LogP) is 4.28. The van der Waals surface area contributed by atoms with Crippen molar-refractivity contribution >= 4 is 21.7 Å². The van der Waals surface area contributed by atoms with E-state index in [9.17, 15) is 4.79 Å². The molecule has 0 radical (unpaired) electrons. The second kappa shape index (κ2) is 6.16. The molecule has 0 aliphatic heterocycles. The molecular formula is C17H18BrNO2. The number of halogens is 1. The molecule has 110 valence electrons. The number of benzene rings is 1. The topological polar surface area (TPSA) is 33.5 Å². The predicted molar refractivity (Wildman–Crippen MR) is 85.2 cm³/mol. The van der Waals surface area contributed by atoms with Crippen molar-refractivity contribution in [1.82, 2.24) is 4.90 Å². The highest BCUT2D eigenvalue weighted by atomic mass is 79.9. The summed E-state index contributed by atoms with van der Waals surface area (Å²) in [6.07, 6.45) is 4.01. The lowest BCUT2D eigenvalue weighted by Crippen LogP contribution is -2.40. The molecule has 1 saturated carbocycles. The molecule has 1 aliphatic carbocycles. The van der Waals surface area contributed by atoms with E-state index >= 15 is 0 Å². The van der Waals surface area contributed by atoms with E-state index in [2.05, 4.69) is 20.8 Å². The molecule has 2 aromatic rings. The highest BCUT2D eigenvalue weighted by Gasteiger charge is 2.35. The molecule has 1 unspecified atom stereocenters. The van der Waals surface area contributed by atoms with Gasteiger partial charge in [-0.2, -0.15) is 0 Å². The van der Waals surface area contributed by atoms with Crippen LogP contribution in [0.5, 0.6) is 0 Å². The molecule has 0 spiro atoms. The number of hydrogen-bond donors (Lipinski definition) is 0. The highest BCUT2D eigenvalue weighted by Crippen LogP contribution is 2.31. The Bertz CT molecular complexity index is 602. The first-order valence-electron chi connectivity index (χ1n) is 7.23. The Morgan fingerprint density at radius 2 is 2.05 bits per heavy atom. The minimum atomic E-state index is -0.135. The van der Waals surface area contributed by atoms with Crippen molar-refractivity contribution in [2.24, 2.45) is 0 Å². The van der Waals surface area contributed by atoms with Crippen molar-refractivity contribution in [3.8, 4) is 0 Å². The Hall–Kier alpha value is -1.39. The molecule has 0 N–H and O–H groups in total. The van der Waals surface area contributed by atoms with E-state index in [0.29, 0.717) is 12.6 Å². The molecule has 1 heterocycles. The van der Waals surface area contributed by atoms with Crippen LogP contribution in [0.3, 0.4) is 0 Å². The van der Waals surface area contributed by atoms with Gasteiger partial charge in [0, 0.05) is 16.1 Å². The average molecular weight is 348 g/mol. The van der Waals surface area contributed by atoms with Crippen LogP contribution in [0.15, 0.2) is 51.6 Å². The van der Waals surface area contributed by atoms with Gasteiger partial charge in [0.1, 0.15) is 5.76 Å². The first kappa shape index (κ1) is 14.5. The van der Waals surface area contributed by atoms with Crippen molar-refractivity contribution in [2.75, 3.05) is 0 Å². The van der Waals surface area contributed by atoms with Crippen LogP contribution in [0.25, 0.3) is 0 Å². The van der Waals surface area contributed by atoms with Gasteiger partial charge in [-0.05, 0) is 44.0 Å². The van der Waals surface area contributed by atoms with E-state index in [-0.39, 0.29) is 11.8 Å². The van der Waals surface area contributed by atoms with E-state index < -0.39 is 0 Å². The average Bonchev–Trinajstić information content (AvgIpc) is 3.20. The number of hydrogen-bond acceptors (Lipinski definition) is 3. The standard InChI is InChI=1S/C17H18BrNO2/c1-12(17(20)13-4-6-14(18)7-5-13)19(15-8-9-15)11-16-3-2-10-21-16/h2-7,10,12,15H,8-9,11H2,1H3. The summed E-state index contributed by atoms with van der Waals surface area (Å²) in [5, 5.41) is 0. The van der Waals surface area contributed by atoms with Gasteiger partial charge in [-0.1, -0.05) is 28.1 Å². The summed E-state index contributed by atoms with van der Waals surface area (Å²) in [4.78, 5) is 14.9. The molecule has 0 bridgehead atoms. The summed E-state index contributed by atoms with van der Waals surface area (Å²) in [7, 11) is 0.